The predicted molar refractivity (Wildman–Crippen MR) is 51.9 cm³/mol. The number of aromatic nitrogens is 2. The molecule has 0 aromatic carbocycles. The van der Waals surface area contributed by atoms with Crippen LogP contribution in [-0.4, -0.2) is 28.9 Å². The number of esters is 1. The summed E-state index contributed by atoms with van der Waals surface area (Å²) in [6, 6.07) is -0.00574. The second-order valence-electron chi connectivity index (χ2n) is 3.30. The Kier molecular flexibility index (Phi) is 3.24. The average Bonchev–Trinajstić information content (AvgIpc) is 2.46. The SMILES string of the molecule is COC(=O)c1cnn(C)c1C[C@H](C)N. The van der Waals surface area contributed by atoms with Gasteiger partial charge in [0.25, 0.3) is 0 Å². The van der Waals surface area contributed by atoms with Gasteiger partial charge >= 0.3 is 5.97 Å². The smallest absolute Gasteiger partial charge is 0.341 e. The second-order valence-corrected chi connectivity index (χ2v) is 3.30. The molecule has 0 unspecified atom stereocenters. The van der Waals surface area contributed by atoms with Gasteiger partial charge in [0.1, 0.15) is 5.56 Å². The Morgan fingerprint density at radius 1 is 1.79 bits per heavy atom. The molecule has 0 aliphatic carbocycles. The van der Waals surface area contributed by atoms with E-state index in [-0.39, 0.29) is 12.0 Å². The topological polar surface area (TPSA) is 70.1 Å². The summed E-state index contributed by atoms with van der Waals surface area (Å²) in [6.45, 7) is 1.88. The fourth-order valence-corrected chi connectivity index (χ4v) is 1.29. The van der Waals surface area contributed by atoms with Crippen molar-refractivity contribution in [2.45, 2.75) is 19.4 Å². The Morgan fingerprint density at radius 2 is 2.43 bits per heavy atom. The van der Waals surface area contributed by atoms with Gasteiger partial charge in [-0.15, -0.1) is 0 Å². The molecule has 0 bridgehead atoms. The molecule has 1 aromatic rings. The van der Waals surface area contributed by atoms with Crippen LogP contribution in [0.3, 0.4) is 0 Å². The van der Waals surface area contributed by atoms with Gasteiger partial charge in [-0.25, -0.2) is 4.79 Å². The van der Waals surface area contributed by atoms with Crippen molar-refractivity contribution in [3.05, 3.63) is 17.5 Å². The molecule has 0 aliphatic heterocycles. The van der Waals surface area contributed by atoms with E-state index >= 15 is 0 Å². The lowest BCUT2D eigenvalue weighted by Gasteiger charge is -2.07. The molecule has 0 radical (unpaired) electrons. The van der Waals surface area contributed by atoms with Crippen LogP contribution in [-0.2, 0) is 18.2 Å². The lowest BCUT2D eigenvalue weighted by molar-refractivity contribution is 0.0599. The summed E-state index contributed by atoms with van der Waals surface area (Å²) in [6.07, 6.45) is 2.12. The predicted octanol–water partition coefficient (Wildman–Crippen LogP) is 0.0964. The minimum atomic E-state index is -0.367. The zero-order valence-corrected chi connectivity index (χ0v) is 8.65. The maximum absolute atomic E-state index is 11.3. The highest BCUT2D eigenvalue weighted by Gasteiger charge is 2.16. The van der Waals surface area contributed by atoms with Crippen LogP contribution >= 0.6 is 0 Å². The molecule has 0 aliphatic rings. The molecule has 0 amide bonds. The third-order valence-corrected chi connectivity index (χ3v) is 1.98. The van der Waals surface area contributed by atoms with E-state index in [1.54, 1.807) is 11.7 Å². The lowest BCUT2D eigenvalue weighted by Crippen LogP contribution is -2.21. The van der Waals surface area contributed by atoms with Crippen LogP contribution in [0.15, 0.2) is 6.20 Å². The highest BCUT2D eigenvalue weighted by atomic mass is 16.5. The molecule has 1 heterocycles. The van der Waals surface area contributed by atoms with E-state index in [0.29, 0.717) is 12.0 Å². The number of methoxy groups -OCH3 is 1. The van der Waals surface area contributed by atoms with Crippen LogP contribution in [0.25, 0.3) is 0 Å². The van der Waals surface area contributed by atoms with E-state index in [0.717, 1.165) is 5.69 Å². The number of ether oxygens (including phenoxy) is 1. The van der Waals surface area contributed by atoms with E-state index in [1.165, 1.54) is 13.3 Å². The molecule has 1 atom stereocenters. The van der Waals surface area contributed by atoms with Gasteiger partial charge in [0.15, 0.2) is 0 Å². The summed E-state index contributed by atoms with van der Waals surface area (Å²) in [5, 5.41) is 4.00. The number of nitrogens with zero attached hydrogens (tertiary/aromatic N) is 2. The molecule has 78 valence electrons. The quantitative estimate of drug-likeness (QED) is 0.697. The lowest BCUT2D eigenvalue weighted by atomic mass is 10.1. The normalized spacial score (nSPS) is 12.6. The first-order valence-electron chi connectivity index (χ1n) is 4.41. The van der Waals surface area contributed by atoms with Crippen LogP contribution in [0.4, 0.5) is 0 Å². The summed E-state index contributed by atoms with van der Waals surface area (Å²) in [7, 11) is 3.13. The van der Waals surface area contributed by atoms with Crippen molar-refractivity contribution in [2.75, 3.05) is 7.11 Å². The van der Waals surface area contributed by atoms with Gasteiger partial charge in [0, 0.05) is 19.5 Å². The maximum atomic E-state index is 11.3. The van der Waals surface area contributed by atoms with Crippen molar-refractivity contribution >= 4 is 5.97 Å². The minimum absolute atomic E-state index is 0.00574. The third-order valence-electron chi connectivity index (χ3n) is 1.98. The summed E-state index contributed by atoms with van der Waals surface area (Å²) in [5.41, 5.74) is 6.97. The fourth-order valence-electron chi connectivity index (χ4n) is 1.29. The molecule has 14 heavy (non-hydrogen) atoms. The van der Waals surface area contributed by atoms with E-state index in [4.69, 9.17) is 5.73 Å². The van der Waals surface area contributed by atoms with Crippen molar-refractivity contribution in [3.8, 4) is 0 Å². The third kappa shape index (κ3) is 2.11. The summed E-state index contributed by atoms with van der Waals surface area (Å²) < 4.78 is 6.29. The molecule has 2 N–H and O–H groups in total. The van der Waals surface area contributed by atoms with Crippen molar-refractivity contribution in [3.63, 3.8) is 0 Å². The highest BCUT2D eigenvalue weighted by molar-refractivity contribution is 5.90. The van der Waals surface area contributed by atoms with Gasteiger partial charge in [0.05, 0.1) is 19.0 Å². The van der Waals surface area contributed by atoms with Crippen LogP contribution in [0, 0.1) is 0 Å². The number of nitrogens with two attached hydrogens (primary N) is 1. The van der Waals surface area contributed by atoms with Crippen LogP contribution in [0.2, 0.25) is 0 Å². The zero-order chi connectivity index (χ0) is 10.7. The molecule has 0 spiro atoms. The first-order valence-corrected chi connectivity index (χ1v) is 4.41. The first kappa shape index (κ1) is 10.7. The minimum Gasteiger partial charge on any atom is -0.465 e. The molecule has 0 fully saturated rings. The van der Waals surface area contributed by atoms with Crippen molar-refractivity contribution in [1.82, 2.24) is 9.78 Å². The first-order chi connectivity index (χ1) is 6.56. The number of rotatable bonds is 3. The Hall–Kier alpha value is -1.36. The van der Waals surface area contributed by atoms with E-state index in [1.807, 2.05) is 6.92 Å². The summed E-state index contributed by atoms with van der Waals surface area (Å²) in [5.74, 6) is -0.367. The van der Waals surface area contributed by atoms with Crippen LogP contribution in [0.5, 0.6) is 0 Å². The van der Waals surface area contributed by atoms with Gasteiger partial charge in [-0.2, -0.15) is 5.10 Å². The van der Waals surface area contributed by atoms with Gasteiger partial charge < -0.3 is 10.5 Å². The standard InChI is InChI=1S/C9H15N3O2/c1-6(10)4-8-7(9(13)14-3)5-11-12(8)2/h5-6H,4,10H2,1-3H3/t6-/m0/s1. The summed E-state index contributed by atoms with van der Waals surface area (Å²) >= 11 is 0. The Balaban J connectivity index is 2.99. The molecule has 0 saturated heterocycles. The highest BCUT2D eigenvalue weighted by Crippen LogP contribution is 2.10. The van der Waals surface area contributed by atoms with Gasteiger partial charge in [-0.1, -0.05) is 0 Å². The van der Waals surface area contributed by atoms with Crippen molar-refractivity contribution in [1.29, 1.82) is 0 Å². The molecule has 1 aromatic heterocycles. The molecule has 5 heteroatoms. The molecule has 1 rings (SSSR count). The summed E-state index contributed by atoms with van der Waals surface area (Å²) in [4.78, 5) is 11.3. The number of carbonyl (C=O) groups is 1. The zero-order valence-electron chi connectivity index (χ0n) is 8.65. The number of hydrogen-bond acceptors (Lipinski definition) is 4. The molecule has 5 nitrogen and oxygen atoms in total. The van der Waals surface area contributed by atoms with Gasteiger partial charge in [-0.3, -0.25) is 4.68 Å². The van der Waals surface area contributed by atoms with Gasteiger partial charge in [-0.05, 0) is 6.92 Å². The largest absolute Gasteiger partial charge is 0.465 e. The molecular weight excluding hydrogens is 182 g/mol. The number of aryl methyl sites for hydroxylation is 1. The number of hydrogen-bond donors (Lipinski definition) is 1. The molecular formula is C9H15N3O2. The van der Waals surface area contributed by atoms with Crippen LogP contribution < -0.4 is 5.73 Å². The van der Waals surface area contributed by atoms with E-state index in [2.05, 4.69) is 9.84 Å². The van der Waals surface area contributed by atoms with E-state index < -0.39 is 0 Å². The maximum Gasteiger partial charge on any atom is 0.341 e. The van der Waals surface area contributed by atoms with Crippen LogP contribution in [0.1, 0.15) is 23.0 Å². The Bertz CT molecular complexity index is 331. The average molecular weight is 197 g/mol. The van der Waals surface area contributed by atoms with Crippen molar-refractivity contribution in [2.24, 2.45) is 12.8 Å². The van der Waals surface area contributed by atoms with E-state index in [9.17, 15) is 4.79 Å². The van der Waals surface area contributed by atoms with Gasteiger partial charge in [0.2, 0.25) is 0 Å². The second kappa shape index (κ2) is 4.23. The fraction of sp³-hybridized carbons (Fsp3) is 0.556. The monoisotopic (exact) mass is 197 g/mol. The molecule has 0 saturated carbocycles. The Morgan fingerprint density at radius 3 is 2.93 bits per heavy atom. The Labute approximate surface area is 82.8 Å². The number of carbonyl (C=O) groups excluding carboxylic acids is 1. The van der Waals surface area contributed by atoms with Crippen molar-refractivity contribution < 1.29 is 9.53 Å².